The van der Waals surface area contributed by atoms with Crippen molar-refractivity contribution < 1.29 is 4.39 Å². The quantitative estimate of drug-likeness (QED) is 0.140. The van der Waals surface area contributed by atoms with E-state index in [2.05, 4.69) is 64.7 Å². The maximum atomic E-state index is 14.8. The first kappa shape index (κ1) is 33.0. The number of nitrogens with one attached hydrogen (secondary N) is 3. The van der Waals surface area contributed by atoms with Crippen LogP contribution in [-0.4, -0.2) is 47.3 Å². The summed E-state index contributed by atoms with van der Waals surface area (Å²) < 4.78 is 14.8. The predicted octanol–water partition coefficient (Wildman–Crippen LogP) is 8.50. The first-order chi connectivity index (χ1) is 22.3. The number of nitrogens with zero attached hydrogens (tertiary/aromatic N) is 2. The molecule has 2 aromatic heterocycles. The Morgan fingerprint density at radius 3 is 2.63 bits per heavy atom. The molecule has 4 aromatic rings. The van der Waals surface area contributed by atoms with Crippen molar-refractivity contribution in [3.8, 4) is 22.5 Å². The molecule has 0 atom stereocenters. The topological polar surface area (TPSA) is 59.7 Å². The zero-order chi connectivity index (χ0) is 32.6. The van der Waals surface area contributed by atoms with Gasteiger partial charge in [-0.2, -0.15) is 5.10 Å². The van der Waals surface area contributed by atoms with Crippen molar-refractivity contribution in [3.63, 3.8) is 0 Å². The first-order valence-corrected chi connectivity index (χ1v) is 16.5. The van der Waals surface area contributed by atoms with Crippen molar-refractivity contribution in [2.75, 3.05) is 32.5 Å². The third kappa shape index (κ3) is 7.86. The Hall–Kier alpha value is -4.42. The Balaban J connectivity index is 1.49. The lowest BCUT2D eigenvalue weighted by Crippen LogP contribution is -2.23. The van der Waals surface area contributed by atoms with Gasteiger partial charge in [-0.3, -0.25) is 5.10 Å². The van der Waals surface area contributed by atoms with E-state index in [1.165, 1.54) is 37.7 Å². The molecule has 3 N–H and O–H groups in total. The molecule has 0 radical (unpaired) electrons. The number of hydrogen-bond acceptors (Lipinski definition) is 3. The summed E-state index contributed by atoms with van der Waals surface area (Å²) in [6, 6.07) is 13.4. The smallest absolute Gasteiger partial charge is 0.125 e. The van der Waals surface area contributed by atoms with Crippen LogP contribution in [0.4, 0.5) is 10.1 Å². The minimum absolute atomic E-state index is 0.268. The molecule has 0 saturated heterocycles. The Morgan fingerprint density at radius 2 is 1.91 bits per heavy atom. The fourth-order valence-electron chi connectivity index (χ4n) is 6.49. The Labute approximate surface area is 273 Å². The number of rotatable bonds is 12. The van der Waals surface area contributed by atoms with Crippen LogP contribution in [0.3, 0.4) is 0 Å². The van der Waals surface area contributed by atoms with Crippen LogP contribution in [0, 0.1) is 11.7 Å². The lowest BCUT2D eigenvalue weighted by Gasteiger charge is -2.22. The molecular weight excluding hydrogens is 569 g/mol. The average Bonchev–Trinajstić information content (AvgIpc) is 3.66. The summed E-state index contributed by atoms with van der Waals surface area (Å²) in [6.07, 6.45) is 18.2. The lowest BCUT2D eigenvalue weighted by molar-refractivity contribution is 0.358. The van der Waals surface area contributed by atoms with Crippen LogP contribution in [0.5, 0.6) is 0 Å². The normalized spacial score (nSPS) is 15.7. The van der Waals surface area contributed by atoms with Gasteiger partial charge in [-0.05, 0) is 105 Å². The Bertz CT molecular complexity index is 1880. The maximum absolute atomic E-state index is 14.8. The van der Waals surface area contributed by atoms with Gasteiger partial charge in [0.1, 0.15) is 11.5 Å². The van der Waals surface area contributed by atoms with Gasteiger partial charge in [-0.25, -0.2) is 4.39 Å². The summed E-state index contributed by atoms with van der Waals surface area (Å²) in [5.41, 5.74) is 8.47. The predicted molar refractivity (Wildman–Crippen MR) is 195 cm³/mol. The Kier molecular flexibility index (Phi) is 10.9. The second-order valence-electron chi connectivity index (χ2n) is 12.6. The summed E-state index contributed by atoms with van der Waals surface area (Å²) in [5, 5.41) is 14.2. The third-order valence-electron chi connectivity index (χ3n) is 8.99. The Morgan fingerprint density at radius 1 is 1.11 bits per heavy atom. The summed E-state index contributed by atoms with van der Waals surface area (Å²) >= 11 is 0. The van der Waals surface area contributed by atoms with Crippen molar-refractivity contribution in [1.29, 1.82) is 0 Å². The summed E-state index contributed by atoms with van der Waals surface area (Å²) in [7, 11) is 4.05. The molecular formula is C40H48FN5. The van der Waals surface area contributed by atoms with Crippen LogP contribution in [0.2, 0.25) is 0 Å². The van der Waals surface area contributed by atoms with Gasteiger partial charge < -0.3 is 15.2 Å². The van der Waals surface area contributed by atoms with Gasteiger partial charge in [0.05, 0.1) is 11.0 Å². The number of likely N-dealkylation sites (N-methyl/N-ethyl adjacent to an activating group) is 1. The summed E-state index contributed by atoms with van der Waals surface area (Å²) in [6.45, 7) is 14.3. The molecule has 6 heteroatoms. The van der Waals surface area contributed by atoms with E-state index in [-0.39, 0.29) is 5.82 Å². The van der Waals surface area contributed by atoms with Gasteiger partial charge >= 0.3 is 0 Å². The molecule has 0 aliphatic heterocycles. The van der Waals surface area contributed by atoms with Crippen LogP contribution in [0.25, 0.3) is 45.6 Å². The van der Waals surface area contributed by atoms with E-state index in [4.69, 9.17) is 5.10 Å². The lowest BCUT2D eigenvalue weighted by atomic mass is 9.84. The van der Waals surface area contributed by atoms with Gasteiger partial charge in [0.25, 0.3) is 0 Å². The highest BCUT2D eigenvalue weighted by atomic mass is 19.1. The minimum Gasteiger partial charge on any atom is -0.384 e. The molecule has 0 bridgehead atoms. The van der Waals surface area contributed by atoms with Crippen molar-refractivity contribution in [1.82, 2.24) is 20.1 Å². The molecule has 1 saturated carbocycles. The number of aromatic amines is 2. The van der Waals surface area contributed by atoms with Crippen molar-refractivity contribution in [2.45, 2.75) is 52.4 Å². The van der Waals surface area contributed by atoms with E-state index in [1.54, 1.807) is 12.1 Å². The van der Waals surface area contributed by atoms with Gasteiger partial charge in [-0.15, -0.1) is 0 Å². The van der Waals surface area contributed by atoms with Crippen molar-refractivity contribution >= 4 is 28.7 Å². The highest BCUT2D eigenvalue weighted by Gasteiger charge is 2.16. The van der Waals surface area contributed by atoms with Crippen molar-refractivity contribution in [3.05, 3.63) is 107 Å². The third-order valence-corrected chi connectivity index (χ3v) is 8.99. The van der Waals surface area contributed by atoms with Gasteiger partial charge in [0, 0.05) is 34.9 Å². The molecule has 46 heavy (non-hydrogen) atoms. The van der Waals surface area contributed by atoms with Crippen LogP contribution in [-0.2, 0) is 0 Å². The highest BCUT2D eigenvalue weighted by Crippen LogP contribution is 2.33. The standard InChI is InChI=1S/C40H48FN5/c1-7-28(21-29-14-11-10-12-15-29)22-30(8-2)27(4)20-36-37(9-3)44-45-40(36)39-26-35-34(16-13-17-38(35)43-39)31-23-32(41)25-33(24-31)42-18-19-46(5)6/h7-9,13,16-17,20,22-26,29,42-44H,1,4,10-12,14-15,18-19,21H2,2-3,5-6H3/b28-22+,30-8+,36-20+,37-9+. The average molecular weight is 618 g/mol. The molecule has 0 amide bonds. The first-order valence-electron chi connectivity index (χ1n) is 16.5. The van der Waals surface area contributed by atoms with Crippen LogP contribution in [0.1, 0.15) is 52.4 Å². The van der Waals surface area contributed by atoms with E-state index in [0.717, 1.165) is 86.2 Å². The minimum atomic E-state index is -0.268. The zero-order valence-corrected chi connectivity index (χ0v) is 27.8. The largest absolute Gasteiger partial charge is 0.384 e. The van der Waals surface area contributed by atoms with Gasteiger partial charge in [-0.1, -0.05) is 81.7 Å². The second kappa shape index (κ2) is 15.2. The van der Waals surface area contributed by atoms with Crippen LogP contribution in [0.15, 0.2) is 90.6 Å². The number of allylic oxidation sites excluding steroid dienone is 6. The maximum Gasteiger partial charge on any atom is 0.125 e. The number of benzene rings is 2. The highest BCUT2D eigenvalue weighted by molar-refractivity contribution is 5.98. The molecule has 2 aromatic carbocycles. The molecule has 1 fully saturated rings. The number of fused-ring (bicyclic) bond motifs is 1. The molecule has 0 unspecified atom stereocenters. The van der Waals surface area contributed by atoms with Crippen LogP contribution < -0.4 is 15.9 Å². The molecule has 5 nitrogen and oxygen atoms in total. The van der Waals surface area contributed by atoms with E-state index in [1.807, 2.05) is 57.4 Å². The SMILES string of the molecule is C=C/C(=C\C(=C/C)C(=C)/C=c1/c(-c2cc3c(-c4cc(F)cc(NCCN(C)C)c4)cccc3[nH]2)n[nH]/c1=C/C)CC1CCCCC1. The number of H-pyrrole nitrogens is 2. The molecule has 1 aliphatic rings. The molecule has 0 spiro atoms. The van der Waals surface area contributed by atoms with Gasteiger partial charge in [0.15, 0.2) is 0 Å². The van der Waals surface area contributed by atoms with Gasteiger partial charge in [0.2, 0.25) is 0 Å². The van der Waals surface area contributed by atoms with E-state index >= 15 is 0 Å². The van der Waals surface area contributed by atoms with Crippen molar-refractivity contribution in [2.24, 2.45) is 5.92 Å². The number of aromatic nitrogens is 3. The zero-order valence-electron chi connectivity index (χ0n) is 27.8. The number of halogens is 1. The fourth-order valence-corrected chi connectivity index (χ4v) is 6.49. The second-order valence-corrected chi connectivity index (χ2v) is 12.6. The van der Waals surface area contributed by atoms with E-state index < -0.39 is 0 Å². The molecule has 5 rings (SSSR count). The van der Waals surface area contributed by atoms with E-state index in [0.29, 0.717) is 0 Å². The fraction of sp³-hybridized carbons (Fsp3) is 0.325. The number of hydrogen-bond donors (Lipinski definition) is 3. The molecule has 1 aliphatic carbocycles. The number of anilines is 1. The molecule has 240 valence electrons. The monoisotopic (exact) mass is 617 g/mol. The van der Waals surface area contributed by atoms with Crippen LogP contribution >= 0.6 is 0 Å². The van der Waals surface area contributed by atoms with E-state index in [9.17, 15) is 4.39 Å². The summed E-state index contributed by atoms with van der Waals surface area (Å²) in [4.78, 5) is 5.68. The summed E-state index contributed by atoms with van der Waals surface area (Å²) in [5.74, 6) is 0.468. The molecule has 2 heterocycles.